The van der Waals surface area contributed by atoms with Gasteiger partial charge in [-0.25, -0.2) is 9.59 Å². The average molecular weight is 415 g/mol. The van der Waals surface area contributed by atoms with E-state index in [0.29, 0.717) is 25.1 Å². The molecule has 31 heavy (non-hydrogen) atoms. The fourth-order valence-corrected chi connectivity index (χ4v) is 4.49. The first-order chi connectivity index (χ1) is 15.1. The molecular formula is C25H21NO5. The van der Waals surface area contributed by atoms with Crippen LogP contribution in [-0.2, 0) is 4.74 Å². The van der Waals surface area contributed by atoms with Crippen LogP contribution in [0.2, 0.25) is 0 Å². The number of hydrogen-bond donors (Lipinski definition) is 1. The minimum Gasteiger partial charge on any atom is -0.475 e. The van der Waals surface area contributed by atoms with Crippen molar-refractivity contribution in [1.29, 1.82) is 0 Å². The van der Waals surface area contributed by atoms with E-state index >= 15 is 0 Å². The molecule has 2 aromatic carbocycles. The quantitative estimate of drug-likeness (QED) is 0.647. The van der Waals surface area contributed by atoms with Gasteiger partial charge in [0.1, 0.15) is 6.61 Å². The summed E-state index contributed by atoms with van der Waals surface area (Å²) >= 11 is 0. The van der Waals surface area contributed by atoms with E-state index in [-0.39, 0.29) is 24.4 Å². The molecule has 3 aromatic rings. The van der Waals surface area contributed by atoms with Crippen molar-refractivity contribution in [3.63, 3.8) is 0 Å². The first kappa shape index (κ1) is 19.2. The predicted molar refractivity (Wildman–Crippen MR) is 115 cm³/mol. The molecule has 2 aliphatic rings. The van der Waals surface area contributed by atoms with E-state index in [1.54, 1.807) is 11.0 Å². The van der Waals surface area contributed by atoms with Crippen LogP contribution < -0.4 is 0 Å². The SMILES string of the molecule is O=C(O)c1occc1C1=CCN(C(=O)OCC2c3ccccc3-c3ccccc32)CC1. The second-order valence-corrected chi connectivity index (χ2v) is 7.70. The molecule has 2 heterocycles. The summed E-state index contributed by atoms with van der Waals surface area (Å²) < 4.78 is 10.8. The molecule has 0 saturated heterocycles. The maximum absolute atomic E-state index is 12.7. The lowest BCUT2D eigenvalue weighted by molar-refractivity contribution is 0.0661. The summed E-state index contributed by atoms with van der Waals surface area (Å²) in [6.07, 6.45) is 3.42. The van der Waals surface area contributed by atoms with Crippen molar-refractivity contribution in [2.75, 3.05) is 19.7 Å². The molecule has 5 rings (SSSR count). The Labute approximate surface area is 179 Å². The van der Waals surface area contributed by atoms with E-state index in [9.17, 15) is 14.7 Å². The van der Waals surface area contributed by atoms with Gasteiger partial charge in [-0.1, -0.05) is 54.6 Å². The summed E-state index contributed by atoms with van der Waals surface area (Å²) in [5.41, 5.74) is 6.18. The van der Waals surface area contributed by atoms with Crippen LogP contribution in [0.3, 0.4) is 0 Å². The second-order valence-electron chi connectivity index (χ2n) is 7.70. The lowest BCUT2D eigenvalue weighted by Gasteiger charge is -2.26. The first-order valence-corrected chi connectivity index (χ1v) is 10.2. The summed E-state index contributed by atoms with van der Waals surface area (Å²) in [4.78, 5) is 25.6. The molecule has 0 unspecified atom stereocenters. The third-order valence-corrected chi connectivity index (χ3v) is 6.01. The molecule has 0 atom stereocenters. The van der Waals surface area contributed by atoms with Crippen LogP contribution in [0.1, 0.15) is 39.6 Å². The molecule has 0 spiro atoms. The van der Waals surface area contributed by atoms with Gasteiger partial charge in [-0.2, -0.15) is 0 Å². The topological polar surface area (TPSA) is 80.0 Å². The van der Waals surface area contributed by atoms with Gasteiger partial charge in [0.25, 0.3) is 0 Å². The molecular weight excluding hydrogens is 394 g/mol. The summed E-state index contributed by atoms with van der Waals surface area (Å²) in [5.74, 6) is -1.14. The van der Waals surface area contributed by atoms with Gasteiger partial charge in [0.05, 0.1) is 6.26 Å². The highest BCUT2D eigenvalue weighted by Crippen LogP contribution is 2.44. The van der Waals surface area contributed by atoms with E-state index in [0.717, 1.165) is 5.57 Å². The number of carboxylic acid groups (broad SMARTS) is 1. The van der Waals surface area contributed by atoms with Crippen LogP contribution in [0, 0.1) is 0 Å². The van der Waals surface area contributed by atoms with Gasteiger partial charge in [-0.05, 0) is 40.3 Å². The van der Waals surface area contributed by atoms with Crippen LogP contribution >= 0.6 is 0 Å². The van der Waals surface area contributed by atoms with E-state index in [1.807, 2.05) is 30.3 Å². The second kappa shape index (κ2) is 7.80. The Hall–Kier alpha value is -3.80. The molecule has 0 fully saturated rings. The minimum atomic E-state index is -1.10. The third kappa shape index (κ3) is 3.40. The summed E-state index contributed by atoms with van der Waals surface area (Å²) in [5, 5.41) is 9.23. The van der Waals surface area contributed by atoms with Gasteiger partial charge < -0.3 is 19.2 Å². The highest BCUT2D eigenvalue weighted by molar-refractivity contribution is 5.91. The van der Waals surface area contributed by atoms with Crippen molar-refractivity contribution in [3.8, 4) is 11.1 Å². The zero-order valence-electron chi connectivity index (χ0n) is 16.8. The van der Waals surface area contributed by atoms with Crippen LogP contribution in [0.25, 0.3) is 16.7 Å². The Bertz CT molecular complexity index is 1150. The smallest absolute Gasteiger partial charge is 0.410 e. The van der Waals surface area contributed by atoms with Crippen molar-refractivity contribution in [1.82, 2.24) is 4.90 Å². The fourth-order valence-electron chi connectivity index (χ4n) is 4.49. The van der Waals surface area contributed by atoms with Crippen molar-refractivity contribution >= 4 is 17.6 Å². The highest BCUT2D eigenvalue weighted by Gasteiger charge is 2.30. The normalized spacial score (nSPS) is 15.2. The van der Waals surface area contributed by atoms with Gasteiger partial charge in [-0.15, -0.1) is 0 Å². The van der Waals surface area contributed by atoms with Crippen LogP contribution in [-0.4, -0.2) is 41.8 Å². The predicted octanol–water partition coefficient (Wildman–Crippen LogP) is 5.02. The van der Waals surface area contributed by atoms with Crippen molar-refractivity contribution < 1.29 is 23.8 Å². The van der Waals surface area contributed by atoms with Gasteiger partial charge in [0, 0.05) is 24.6 Å². The molecule has 0 bridgehead atoms. The minimum absolute atomic E-state index is 0.0244. The van der Waals surface area contributed by atoms with Crippen LogP contribution in [0.5, 0.6) is 0 Å². The fraction of sp³-hybridized carbons (Fsp3) is 0.200. The Balaban J connectivity index is 1.27. The molecule has 0 radical (unpaired) electrons. The van der Waals surface area contributed by atoms with Crippen LogP contribution in [0.15, 0.2) is 71.4 Å². The maximum atomic E-state index is 12.7. The number of amides is 1. The molecule has 0 saturated carbocycles. The number of fused-ring (bicyclic) bond motifs is 3. The lowest BCUT2D eigenvalue weighted by Crippen LogP contribution is -2.35. The van der Waals surface area contributed by atoms with Crippen molar-refractivity contribution in [2.45, 2.75) is 12.3 Å². The molecule has 1 amide bonds. The number of nitrogens with zero attached hydrogens (tertiary/aromatic N) is 1. The Morgan fingerprint density at radius 1 is 1.00 bits per heavy atom. The number of rotatable bonds is 4. The molecule has 1 aromatic heterocycles. The molecule has 6 heteroatoms. The average Bonchev–Trinajstić information content (AvgIpc) is 3.41. The maximum Gasteiger partial charge on any atom is 0.410 e. The first-order valence-electron chi connectivity index (χ1n) is 10.2. The highest BCUT2D eigenvalue weighted by atomic mass is 16.6. The van der Waals surface area contributed by atoms with Gasteiger partial charge in [0.15, 0.2) is 0 Å². The molecule has 6 nitrogen and oxygen atoms in total. The monoisotopic (exact) mass is 415 g/mol. The number of furan rings is 1. The van der Waals surface area contributed by atoms with E-state index in [4.69, 9.17) is 9.15 Å². The zero-order valence-corrected chi connectivity index (χ0v) is 16.8. The van der Waals surface area contributed by atoms with Crippen molar-refractivity contribution in [3.05, 3.63) is 89.4 Å². The van der Waals surface area contributed by atoms with E-state index < -0.39 is 5.97 Å². The zero-order chi connectivity index (χ0) is 21.4. The number of carbonyl (C=O) groups is 2. The number of benzene rings is 2. The van der Waals surface area contributed by atoms with Crippen molar-refractivity contribution in [2.24, 2.45) is 0 Å². The number of aromatic carboxylic acids is 1. The Morgan fingerprint density at radius 3 is 2.29 bits per heavy atom. The summed E-state index contributed by atoms with van der Waals surface area (Å²) in [6, 6.07) is 18.1. The number of carbonyl (C=O) groups excluding carboxylic acids is 1. The molecule has 156 valence electrons. The van der Waals surface area contributed by atoms with Gasteiger partial charge >= 0.3 is 12.1 Å². The third-order valence-electron chi connectivity index (χ3n) is 6.01. The standard InChI is InChI=1S/C25H21NO5/c27-24(28)23-17(11-14-30-23)16-9-12-26(13-10-16)25(29)31-15-22-20-7-3-1-5-18(20)19-6-2-4-8-21(19)22/h1-9,11,14,22H,10,12-13,15H2,(H,27,28). The Kier molecular flexibility index (Phi) is 4.82. The lowest BCUT2D eigenvalue weighted by atomic mass is 9.98. The van der Waals surface area contributed by atoms with Gasteiger partial charge in [-0.3, -0.25) is 0 Å². The van der Waals surface area contributed by atoms with E-state index in [2.05, 4.69) is 24.3 Å². The Morgan fingerprint density at radius 2 is 1.68 bits per heavy atom. The summed E-state index contributed by atoms with van der Waals surface area (Å²) in [7, 11) is 0. The molecule has 1 aliphatic carbocycles. The number of ether oxygens (including phenoxy) is 1. The number of hydrogen-bond acceptors (Lipinski definition) is 4. The summed E-state index contributed by atoms with van der Waals surface area (Å²) in [6.45, 7) is 1.12. The molecule has 1 aliphatic heterocycles. The largest absolute Gasteiger partial charge is 0.475 e. The number of carboxylic acids is 1. The van der Waals surface area contributed by atoms with E-state index in [1.165, 1.54) is 28.5 Å². The molecule has 1 N–H and O–H groups in total. The van der Waals surface area contributed by atoms with Crippen LogP contribution in [0.4, 0.5) is 4.79 Å². The van der Waals surface area contributed by atoms with Gasteiger partial charge in [0.2, 0.25) is 5.76 Å².